The summed E-state index contributed by atoms with van der Waals surface area (Å²) in [5, 5.41) is 9.42. The van der Waals surface area contributed by atoms with Gasteiger partial charge >= 0.3 is 0 Å². The molecule has 1 aromatic heterocycles. The molecule has 5 heteroatoms. The highest BCUT2D eigenvalue weighted by Crippen LogP contribution is 2.27. The van der Waals surface area contributed by atoms with Gasteiger partial charge in [0.05, 0.1) is 5.01 Å². The van der Waals surface area contributed by atoms with Crippen LogP contribution in [0.15, 0.2) is 17.0 Å². The number of rotatable bonds is 5. The number of piperidine rings is 1. The first-order valence-electron chi connectivity index (χ1n) is 8.45. The van der Waals surface area contributed by atoms with E-state index in [1.165, 1.54) is 31.3 Å². The maximum absolute atomic E-state index is 12.2. The standard InChI is InChI=1S/C17H25N3OS/c21-16(19-11-6-13-4-2-1-3-5-13)15-12-22-17(20-15)14-7-9-18-10-8-14/h4,12,14,18H,1-3,5-11H2,(H,19,21). The summed E-state index contributed by atoms with van der Waals surface area (Å²) in [7, 11) is 0. The van der Waals surface area contributed by atoms with Crippen LogP contribution < -0.4 is 10.6 Å². The lowest BCUT2D eigenvalue weighted by atomic mass is 9.97. The van der Waals surface area contributed by atoms with E-state index in [1.807, 2.05) is 5.38 Å². The molecule has 22 heavy (non-hydrogen) atoms. The van der Waals surface area contributed by atoms with E-state index in [-0.39, 0.29) is 5.91 Å². The number of carbonyl (C=O) groups excluding carboxylic acids is 1. The fraction of sp³-hybridized carbons (Fsp3) is 0.647. The van der Waals surface area contributed by atoms with E-state index in [2.05, 4.69) is 21.7 Å². The molecule has 1 aliphatic carbocycles. The maximum Gasteiger partial charge on any atom is 0.270 e. The number of nitrogens with one attached hydrogen (secondary N) is 2. The van der Waals surface area contributed by atoms with Gasteiger partial charge in [-0.25, -0.2) is 4.98 Å². The van der Waals surface area contributed by atoms with Gasteiger partial charge in [0.15, 0.2) is 0 Å². The van der Waals surface area contributed by atoms with Crippen LogP contribution in [-0.4, -0.2) is 30.5 Å². The van der Waals surface area contributed by atoms with Crippen molar-refractivity contribution in [3.63, 3.8) is 0 Å². The zero-order valence-electron chi connectivity index (χ0n) is 13.1. The molecule has 1 amide bonds. The number of thiazole rings is 1. The molecule has 1 fully saturated rings. The van der Waals surface area contributed by atoms with Crippen molar-refractivity contribution in [1.29, 1.82) is 0 Å². The number of allylic oxidation sites excluding steroid dienone is 1. The second kappa shape index (κ2) is 7.88. The first kappa shape index (κ1) is 15.7. The van der Waals surface area contributed by atoms with Gasteiger partial charge in [-0.15, -0.1) is 11.3 Å². The molecule has 0 bridgehead atoms. The highest BCUT2D eigenvalue weighted by molar-refractivity contribution is 7.09. The van der Waals surface area contributed by atoms with Crippen LogP contribution in [0.2, 0.25) is 0 Å². The van der Waals surface area contributed by atoms with E-state index in [0.29, 0.717) is 11.6 Å². The summed E-state index contributed by atoms with van der Waals surface area (Å²) in [5.74, 6) is 0.507. The van der Waals surface area contributed by atoms with Gasteiger partial charge in [-0.2, -0.15) is 0 Å². The quantitative estimate of drug-likeness (QED) is 0.819. The molecule has 4 nitrogen and oxygen atoms in total. The molecule has 0 spiro atoms. The first-order chi connectivity index (χ1) is 10.8. The molecule has 0 saturated carbocycles. The highest BCUT2D eigenvalue weighted by Gasteiger charge is 2.20. The number of nitrogens with zero attached hydrogens (tertiary/aromatic N) is 1. The first-order valence-corrected chi connectivity index (χ1v) is 9.33. The summed E-state index contributed by atoms with van der Waals surface area (Å²) in [6.45, 7) is 2.84. The second-order valence-corrected chi connectivity index (χ2v) is 7.10. The lowest BCUT2D eigenvalue weighted by molar-refractivity contribution is 0.0949. The average Bonchev–Trinajstić information content (AvgIpc) is 3.07. The third-order valence-corrected chi connectivity index (χ3v) is 5.57. The molecule has 120 valence electrons. The summed E-state index contributed by atoms with van der Waals surface area (Å²) in [6, 6.07) is 0. The maximum atomic E-state index is 12.2. The monoisotopic (exact) mass is 319 g/mol. The fourth-order valence-corrected chi connectivity index (χ4v) is 4.18. The van der Waals surface area contributed by atoms with Gasteiger partial charge in [-0.1, -0.05) is 11.6 Å². The molecule has 2 heterocycles. The Morgan fingerprint density at radius 3 is 3.00 bits per heavy atom. The Labute approximate surface area is 136 Å². The Morgan fingerprint density at radius 1 is 1.36 bits per heavy atom. The molecular formula is C17H25N3OS. The van der Waals surface area contributed by atoms with E-state index in [0.717, 1.165) is 43.9 Å². The van der Waals surface area contributed by atoms with Crippen molar-refractivity contribution in [2.24, 2.45) is 0 Å². The van der Waals surface area contributed by atoms with Crippen LogP contribution in [0.5, 0.6) is 0 Å². The second-order valence-electron chi connectivity index (χ2n) is 6.21. The Morgan fingerprint density at radius 2 is 2.23 bits per heavy atom. The van der Waals surface area contributed by atoms with Gasteiger partial charge in [-0.05, 0) is 58.0 Å². The van der Waals surface area contributed by atoms with E-state index in [4.69, 9.17) is 0 Å². The largest absolute Gasteiger partial charge is 0.350 e. The molecule has 2 N–H and O–H groups in total. The molecule has 2 aliphatic rings. The van der Waals surface area contributed by atoms with Crippen molar-refractivity contribution in [3.8, 4) is 0 Å². The van der Waals surface area contributed by atoms with Gasteiger partial charge in [0.1, 0.15) is 5.69 Å². The minimum atomic E-state index is -0.0205. The predicted octanol–water partition coefficient (Wildman–Crippen LogP) is 3.23. The van der Waals surface area contributed by atoms with Crippen molar-refractivity contribution in [1.82, 2.24) is 15.6 Å². The zero-order valence-corrected chi connectivity index (χ0v) is 13.9. The van der Waals surface area contributed by atoms with Crippen molar-refractivity contribution >= 4 is 17.2 Å². The Hall–Kier alpha value is -1.20. The molecule has 0 unspecified atom stereocenters. The van der Waals surface area contributed by atoms with Crippen LogP contribution in [0, 0.1) is 0 Å². The molecule has 1 saturated heterocycles. The van der Waals surface area contributed by atoms with Gasteiger partial charge in [0.25, 0.3) is 5.91 Å². The number of carbonyl (C=O) groups is 1. The Kier molecular flexibility index (Phi) is 5.62. The Bertz CT molecular complexity index is 532. The molecule has 3 rings (SSSR count). The van der Waals surface area contributed by atoms with Crippen LogP contribution >= 0.6 is 11.3 Å². The smallest absolute Gasteiger partial charge is 0.270 e. The summed E-state index contributed by atoms with van der Waals surface area (Å²) < 4.78 is 0. The average molecular weight is 319 g/mol. The molecule has 0 radical (unpaired) electrons. The van der Waals surface area contributed by atoms with Gasteiger partial charge in [0, 0.05) is 17.8 Å². The minimum Gasteiger partial charge on any atom is -0.350 e. The van der Waals surface area contributed by atoms with E-state index < -0.39 is 0 Å². The lowest BCUT2D eigenvalue weighted by Gasteiger charge is -2.20. The fourth-order valence-electron chi connectivity index (χ4n) is 3.21. The van der Waals surface area contributed by atoms with Crippen LogP contribution in [0.4, 0.5) is 0 Å². The van der Waals surface area contributed by atoms with Crippen molar-refractivity contribution < 1.29 is 4.79 Å². The summed E-state index contributed by atoms with van der Waals surface area (Å²) in [6.07, 6.45) is 10.6. The predicted molar refractivity (Wildman–Crippen MR) is 90.5 cm³/mol. The van der Waals surface area contributed by atoms with Crippen LogP contribution in [0.3, 0.4) is 0 Å². The number of hydrogen-bond donors (Lipinski definition) is 2. The van der Waals surface area contributed by atoms with Crippen LogP contribution in [-0.2, 0) is 0 Å². The number of amides is 1. The van der Waals surface area contributed by atoms with Gasteiger partial charge in [-0.3, -0.25) is 4.79 Å². The zero-order chi connectivity index (χ0) is 15.2. The lowest BCUT2D eigenvalue weighted by Crippen LogP contribution is -2.27. The SMILES string of the molecule is O=C(NCCC1=CCCCC1)c1csc(C2CCNCC2)n1. The van der Waals surface area contributed by atoms with E-state index in [1.54, 1.807) is 11.3 Å². The summed E-state index contributed by atoms with van der Waals surface area (Å²) >= 11 is 1.63. The third kappa shape index (κ3) is 4.17. The third-order valence-electron chi connectivity index (χ3n) is 4.56. The van der Waals surface area contributed by atoms with Gasteiger partial charge < -0.3 is 10.6 Å². The summed E-state index contributed by atoms with van der Waals surface area (Å²) in [4.78, 5) is 16.7. The molecular weight excluding hydrogens is 294 g/mol. The van der Waals surface area contributed by atoms with Crippen molar-refractivity contribution in [3.05, 3.63) is 27.7 Å². The van der Waals surface area contributed by atoms with Crippen LogP contribution in [0.25, 0.3) is 0 Å². The van der Waals surface area contributed by atoms with E-state index >= 15 is 0 Å². The summed E-state index contributed by atoms with van der Waals surface area (Å²) in [5.41, 5.74) is 2.09. The highest BCUT2D eigenvalue weighted by atomic mass is 32.1. The van der Waals surface area contributed by atoms with Crippen molar-refractivity contribution in [2.75, 3.05) is 19.6 Å². The Balaban J connectivity index is 1.47. The molecule has 0 aromatic carbocycles. The van der Waals surface area contributed by atoms with Crippen LogP contribution in [0.1, 0.15) is 66.4 Å². The molecule has 1 aromatic rings. The number of aromatic nitrogens is 1. The number of hydrogen-bond acceptors (Lipinski definition) is 4. The molecule has 0 atom stereocenters. The topological polar surface area (TPSA) is 54.0 Å². The molecule has 1 aliphatic heterocycles. The van der Waals surface area contributed by atoms with Crippen molar-refractivity contribution in [2.45, 2.75) is 50.9 Å². The minimum absolute atomic E-state index is 0.0205. The van der Waals surface area contributed by atoms with Gasteiger partial charge in [0.2, 0.25) is 0 Å². The normalized spacial score (nSPS) is 19.7. The van der Waals surface area contributed by atoms with E-state index in [9.17, 15) is 4.79 Å².